The van der Waals surface area contributed by atoms with E-state index in [1.54, 1.807) is 0 Å². The van der Waals surface area contributed by atoms with E-state index in [4.69, 9.17) is 4.74 Å². The van der Waals surface area contributed by atoms with Gasteiger partial charge in [0.25, 0.3) is 5.91 Å². The highest BCUT2D eigenvalue weighted by atomic mass is 16.5. The molecule has 0 saturated carbocycles. The van der Waals surface area contributed by atoms with Gasteiger partial charge in [0.05, 0.1) is 6.04 Å². The Bertz CT molecular complexity index is 812. The van der Waals surface area contributed by atoms with Crippen molar-refractivity contribution in [2.45, 2.75) is 71.9 Å². The Kier molecular flexibility index (Phi) is 6.20. The van der Waals surface area contributed by atoms with E-state index in [9.17, 15) is 4.79 Å². The van der Waals surface area contributed by atoms with E-state index in [2.05, 4.69) is 43.4 Å². The highest BCUT2D eigenvalue weighted by molar-refractivity contribution is 5.81. The SMILES string of the molecule is CC[C@H](NC(=O)[C@H](C)Oc1ccc(C)cc1C)c1ccc2c(c1)CCCC2. The van der Waals surface area contributed by atoms with Gasteiger partial charge in [-0.05, 0) is 81.2 Å². The molecule has 1 amide bonds. The summed E-state index contributed by atoms with van der Waals surface area (Å²) in [7, 11) is 0. The summed E-state index contributed by atoms with van der Waals surface area (Å²) < 4.78 is 5.92. The zero-order chi connectivity index (χ0) is 19.4. The van der Waals surface area contributed by atoms with Gasteiger partial charge >= 0.3 is 0 Å². The van der Waals surface area contributed by atoms with Crippen LogP contribution in [0.25, 0.3) is 0 Å². The topological polar surface area (TPSA) is 38.3 Å². The minimum absolute atomic E-state index is 0.0230. The zero-order valence-corrected chi connectivity index (χ0v) is 17.0. The van der Waals surface area contributed by atoms with Crippen LogP contribution in [0.2, 0.25) is 0 Å². The van der Waals surface area contributed by atoms with Crippen LogP contribution in [-0.4, -0.2) is 12.0 Å². The molecule has 2 aromatic rings. The molecule has 0 heterocycles. The number of hydrogen-bond donors (Lipinski definition) is 1. The van der Waals surface area contributed by atoms with Crippen molar-refractivity contribution in [3.05, 3.63) is 64.2 Å². The molecule has 2 aromatic carbocycles. The molecule has 144 valence electrons. The molecule has 2 atom stereocenters. The summed E-state index contributed by atoms with van der Waals surface area (Å²) in [4.78, 5) is 12.7. The van der Waals surface area contributed by atoms with Gasteiger partial charge in [-0.2, -0.15) is 0 Å². The number of aryl methyl sites for hydroxylation is 4. The summed E-state index contributed by atoms with van der Waals surface area (Å²) in [6.45, 7) is 7.99. The van der Waals surface area contributed by atoms with E-state index in [0.29, 0.717) is 0 Å². The summed E-state index contributed by atoms with van der Waals surface area (Å²) >= 11 is 0. The van der Waals surface area contributed by atoms with E-state index >= 15 is 0 Å². The first-order chi connectivity index (χ1) is 13.0. The number of ether oxygens (including phenoxy) is 1. The Morgan fingerprint density at radius 3 is 2.52 bits per heavy atom. The monoisotopic (exact) mass is 365 g/mol. The number of rotatable bonds is 6. The van der Waals surface area contributed by atoms with Gasteiger partial charge in [-0.15, -0.1) is 0 Å². The van der Waals surface area contributed by atoms with Crippen LogP contribution in [-0.2, 0) is 17.6 Å². The molecule has 3 heteroatoms. The number of fused-ring (bicyclic) bond motifs is 1. The van der Waals surface area contributed by atoms with Crippen molar-refractivity contribution in [3.8, 4) is 5.75 Å². The molecule has 0 fully saturated rings. The van der Waals surface area contributed by atoms with Crippen molar-refractivity contribution >= 4 is 5.91 Å². The molecule has 1 N–H and O–H groups in total. The number of nitrogens with one attached hydrogen (secondary N) is 1. The number of amides is 1. The highest BCUT2D eigenvalue weighted by Crippen LogP contribution is 2.26. The van der Waals surface area contributed by atoms with Crippen molar-refractivity contribution in [2.24, 2.45) is 0 Å². The lowest BCUT2D eigenvalue weighted by Gasteiger charge is -2.23. The normalized spacial score (nSPS) is 15.6. The van der Waals surface area contributed by atoms with Gasteiger partial charge in [0, 0.05) is 0 Å². The van der Waals surface area contributed by atoms with E-state index in [1.165, 1.54) is 41.5 Å². The molecule has 1 aliphatic carbocycles. The Balaban J connectivity index is 1.67. The van der Waals surface area contributed by atoms with Gasteiger partial charge in [-0.3, -0.25) is 4.79 Å². The summed E-state index contributed by atoms with van der Waals surface area (Å²) in [6, 6.07) is 12.8. The van der Waals surface area contributed by atoms with E-state index in [0.717, 1.165) is 24.2 Å². The fourth-order valence-electron chi connectivity index (χ4n) is 3.86. The van der Waals surface area contributed by atoms with Gasteiger partial charge in [0.15, 0.2) is 6.10 Å². The van der Waals surface area contributed by atoms with E-state index in [-0.39, 0.29) is 11.9 Å². The van der Waals surface area contributed by atoms with Crippen molar-refractivity contribution in [2.75, 3.05) is 0 Å². The van der Waals surface area contributed by atoms with Crippen LogP contribution in [0.15, 0.2) is 36.4 Å². The molecular formula is C24H31NO2. The van der Waals surface area contributed by atoms with Crippen LogP contribution < -0.4 is 10.1 Å². The minimum atomic E-state index is -0.530. The predicted molar refractivity (Wildman–Crippen MR) is 110 cm³/mol. The maximum absolute atomic E-state index is 12.7. The smallest absolute Gasteiger partial charge is 0.261 e. The van der Waals surface area contributed by atoms with Crippen LogP contribution in [0.4, 0.5) is 0 Å². The summed E-state index contributed by atoms with van der Waals surface area (Å²) in [5.74, 6) is 0.699. The van der Waals surface area contributed by atoms with Crippen LogP contribution >= 0.6 is 0 Å². The number of benzene rings is 2. The molecule has 3 nitrogen and oxygen atoms in total. The second-order valence-electron chi connectivity index (χ2n) is 7.73. The third-order valence-electron chi connectivity index (χ3n) is 5.50. The molecule has 0 spiro atoms. The Labute approximate surface area is 163 Å². The van der Waals surface area contributed by atoms with Gasteiger partial charge in [-0.25, -0.2) is 0 Å². The lowest BCUT2D eigenvalue weighted by Crippen LogP contribution is -2.38. The Morgan fingerprint density at radius 2 is 1.81 bits per heavy atom. The first-order valence-corrected chi connectivity index (χ1v) is 10.1. The molecule has 0 unspecified atom stereocenters. The van der Waals surface area contributed by atoms with Crippen molar-refractivity contribution in [1.29, 1.82) is 0 Å². The molecule has 0 aromatic heterocycles. The van der Waals surface area contributed by atoms with Gasteiger partial charge in [0.2, 0.25) is 0 Å². The van der Waals surface area contributed by atoms with Crippen LogP contribution in [0.3, 0.4) is 0 Å². The Morgan fingerprint density at radius 1 is 1.07 bits per heavy atom. The first kappa shape index (κ1) is 19.5. The predicted octanol–water partition coefficient (Wildman–Crippen LogP) is 5.22. The highest BCUT2D eigenvalue weighted by Gasteiger charge is 2.21. The van der Waals surface area contributed by atoms with Gasteiger partial charge in [0.1, 0.15) is 5.75 Å². The molecule has 0 bridgehead atoms. The molecule has 3 rings (SSSR count). The molecule has 27 heavy (non-hydrogen) atoms. The standard InChI is InChI=1S/C24H31NO2/c1-5-22(21-12-11-19-8-6-7-9-20(19)15-21)25-24(26)18(4)27-23-13-10-16(2)14-17(23)3/h10-15,18,22H,5-9H2,1-4H3,(H,25,26)/t18-,22-/m0/s1. The summed E-state index contributed by atoms with van der Waals surface area (Å²) in [6.07, 6.45) is 5.21. The largest absolute Gasteiger partial charge is 0.481 e. The van der Waals surface area contributed by atoms with Gasteiger partial charge < -0.3 is 10.1 Å². The van der Waals surface area contributed by atoms with Crippen LogP contribution in [0, 0.1) is 13.8 Å². The first-order valence-electron chi connectivity index (χ1n) is 10.1. The molecule has 0 saturated heterocycles. The Hall–Kier alpha value is -2.29. The maximum Gasteiger partial charge on any atom is 0.261 e. The lowest BCUT2D eigenvalue weighted by molar-refractivity contribution is -0.128. The quantitative estimate of drug-likeness (QED) is 0.762. The fourth-order valence-corrected chi connectivity index (χ4v) is 3.86. The average Bonchev–Trinajstić information content (AvgIpc) is 2.67. The van der Waals surface area contributed by atoms with Crippen LogP contribution in [0.1, 0.15) is 67.0 Å². The molecule has 1 aliphatic rings. The van der Waals surface area contributed by atoms with E-state index < -0.39 is 6.10 Å². The molecular weight excluding hydrogens is 334 g/mol. The second kappa shape index (κ2) is 8.60. The third-order valence-corrected chi connectivity index (χ3v) is 5.50. The van der Waals surface area contributed by atoms with E-state index in [1.807, 2.05) is 26.0 Å². The van der Waals surface area contributed by atoms with Crippen molar-refractivity contribution in [1.82, 2.24) is 5.32 Å². The fraction of sp³-hybridized carbons (Fsp3) is 0.458. The average molecular weight is 366 g/mol. The number of hydrogen-bond acceptors (Lipinski definition) is 2. The zero-order valence-electron chi connectivity index (χ0n) is 17.0. The lowest BCUT2D eigenvalue weighted by atomic mass is 9.89. The molecule has 0 aliphatic heterocycles. The minimum Gasteiger partial charge on any atom is -0.481 e. The second-order valence-corrected chi connectivity index (χ2v) is 7.73. The number of carbonyl (C=O) groups is 1. The summed E-state index contributed by atoms with van der Waals surface area (Å²) in [5, 5.41) is 3.18. The molecule has 0 radical (unpaired) electrons. The third kappa shape index (κ3) is 4.71. The van der Waals surface area contributed by atoms with Crippen molar-refractivity contribution in [3.63, 3.8) is 0 Å². The number of carbonyl (C=O) groups excluding carboxylic acids is 1. The maximum atomic E-state index is 12.7. The summed E-state index contributed by atoms with van der Waals surface area (Å²) in [5.41, 5.74) is 6.36. The van der Waals surface area contributed by atoms with Crippen molar-refractivity contribution < 1.29 is 9.53 Å². The van der Waals surface area contributed by atoms with Crippen LogP contribution in [0.5, 0.6) is 5.75 Å². The van der Waals surface area contributed by atoms with Gasteiger partial charge in [-0.1, -0.05) is 42.8 Å².